The van der Waals surface area contributed by atoms with Gasteiger partial charge in [0.15, 0.2) is 0 Å². The van der Waals surface area contributed by atoms with Gasteiger partial charge >= 0.3 is 0 Å². The van der Waals surface area contributed by atoms with Gasteiger partial charge in [-0.1, -0.05) is 0 Å². The highest BCUT2D eigenvalue weighted by atomic mass is 16.6. The Kier molecular flexibility index (Phi) is 1.89. The number of non-ortho nitro benzene ring substituents is 1. The molecule has 0 bridgehead atoms. The highest BCUT2D eigenvalue weighted by Gasteiger charge is 2.22. The van der Waals surface area contributed by atoms with Crippen LogP contribution in [0.25, 0.3) is 10.9 Å². The van der Waals surface area contributed by atoms with Crippen LogP contribution in [-0.4, -0.2) is 9.91 Å². The first-order chi connectivity index (χ1) is 7.77. The van der Waals surface area contributed by atoms with Gasteiger partial charge in [0.2, 0.25) is 0 Å². The molecule has 0 radical (unpaired) electrons. The number of pyridine rings is 1. The summed E-state index contributed by atoms with van der Waals surface area (Å²) in [6.45, 7) is 0. The van der Waals surface area contributed by atoms with Crippen molar-refractivity contribution in [1.29, 1.82) is 0 Å². The lowest BCUT2D eigenvalue weighted by molar-refractivity contribution is -0.383. The van der Waals surface area contributed by atoms with E-state index in [9.17, 15) is 10.1 Å². The monoisotopic (exact) mass is 214 g/mol. The van der Waals surface area contributed by atoms with Crippen LogP contribution in [-0.2, 0) is 12.8 Å². The molecule has 0 N–H and O–H groups in total. The summed E-state index contributed by atoms with van der Waals surface area (Å²) in [5.41, 5.74) is 3.28. The number of hydrogen-bond donors (Lipinski definition) is 0. The Morgan fingerprint density at radius 3 is 3.06 bits per heavy atom. The average Bonchev–Trinajstić information content (AvgIpc) is 2.75. The third-order valence-corrected chi connectivity index (χ3v) is 3.14. The summed E-state index contributed by atoms with van der Waals surface area (Å²) in [6, 6.07) is 5.24. The van der Waals surface area contributed by atoms with Crippen molar-refractivity contribution in [2.24, 2.45) is 0 Å². The molecule has 1 heterocycles. The lowest BCUT2D eigenvalue weighted by Gasteiger charge is -2.04. The van der Waals surface area contributed by atoms with Crippen LogP contribution < -0.4 is 0 Å². The molecule has 0 spiro atoms. The molecule has 80 valence electrons. The third kappa shape index (κ3) is 1.19. The van der Waals surface area contributed by atoms with Crippen LogP contribution in [0.2, 0.25) is 0 Å². The van der Waals surface area contributed by atoms with E-state index in [0.717, 1.165) is 30.3 Å². The van der Waals surface area contributed by atoms with Crippen LogP contribution in [0.5, 0.6) is 0 Å². The van der Waals surface area contributed by atoms with Gasteiger partial charge in [-0.05, 0) is 42.5 Å². The maximum Gasteiger partial charge on any atom is 0.279 e. The van der Waals surface area contributed by atoms with Crippen molar-refractivity contribution in [2.75, 3.05) is 0 Å². The number of benzene rings is 1. The Morgan fingerprint density at radius 1 is 1.38 bits per heavy atom. The van der Waals surface area contributed by atoms with Gasteiger partial charge in [0.25, 0.3) is 5.69 Å². The maximum absolute atomic E-state index is 11.0. The van der Waals surface area contributed by atoms with Gasteiger partial charge < -0.3 is 0 Å². The zero-order chi connectivity index (χ0) is 11.1. The van der Waals surface area contributed by atoms with E-state index in [4.69, 9.17) is 0 Å². The predicted molar refractivity (Wildman–Crippen MR) is 60.4 cm³/mol. The van der Waals surface area contributed by atoms with Crippen molar-refractivity contribution < 1.29 is 4.92 Å². The lowest BCUT2D eigenvalue weighted by Crippen LogP contribution is -1.95. The van der Waals surface area contributed by atoms with Crippen LogP contribution in [0, 0.1) is 10.1 Å². The summed E-state index contributed by atoms with van der Waals surface area (Å²) < 4.78 is 0. The third-order valence-electron chi connectivity index (χ3n) is 3.14. The van der Waals surface area contributed by atoms with Crippen LogP contribution in [0.15, 0.2) is 24.4 Å². The topological polar surface area (TPSA) is 56.0 Å². The van der Waals surface area contributed by atoms with Gasteiger partial charge in [-0.3, -0.25) is 15.1 Å². The fourth-order valence-corrected chi connectivity index (χ4v) is 2.44. The molecule has 1 aliphatic rings. The molecule has 0 atom stereocenters. The van der Waals surface area contributed by atoms with Crippen molar-refractivity contribution in [3.63, 3.8) is 0 Å². The SMILES string of the molecule is O=[N+]([O-])c1cc2c(c3ncccc13)CCC2. The Morgan fingerprint density at radius 2 is 2.25 bits per heavy atom. The smallest absolute Gasteiger partial charge is 0.258 e. The fourth-order valence-electron chi connectivity index (χ4n) is 2.44. The molecule has 0 saturated heterocycles. The highest BCUT2D eigenvalue weighted by molar-refractivity contribution is 5.91. The van der Waals surface area contributed by atoms with Crippen LogP contribution in [0.1, 0.15) is 17.5 Å². The largest absolute Gasteiger partial charge is 0.279 e. The second kappa shape index (κ2) is 3.27. The second-order valence-corrected chi connectivity index (χ2v) is 4.04. The fraction of sp³-hybridized carbons (Fsp3) is 0.250. The summed E-state index contributed by atoms with van der Waals surface area (Å²) in [4.78, 5) is 15.0. The number of aryl methyl sites for hydroxylation is 2. The summed E-state index contributed by atoms with van der Waals surface area (Å²) >= 11 is 0. The summed E-state index contributed by atoms with van der Waals surface area (Å²) in [5.74, 6) is 0. The number of rotatable bonds is 1. The van der Waals surface area contributed by atoms with E-state index in [0.29, 0.717) is 5.39 Å². The summed E-state index contributed by atoms with van der Waals surface area (Å²) in [7, 11) is 0. The van der Waals surface area contributed by atoms with Crippen LogP contribution >= 0.6 is 0 Å². The molecular weight excluding hydrogens is 204 g/mol. The maximum atomic E-state index is 11.0. The Labute approximate surface area is 92.1 Å². The molecular formula is C12H10N2O2. The molecule has 0 saturated carbocycles. The Hall–Kier alpha value is -1.97. The number of hydrogen-bond acceptors (Lipinski definition) is 3. The summed E-state index contributed by atoms with van der Waals surface area (Å²) in [5, 5.41) is 11.7. The molecule has 16 heavy (non-hydrogen) atoms. The second-order valence-electron chi connectivity index (χ2n) is 4.04. The van der Waals surface area contributed by atoms with Crippen molar-refractivity contribution >= 4 is 16.6 Å². The zero-order valence-electron chi connectivity index (χ0n) is 8.64. The molecule has 0 aliphatic heterocycles. The highest BCUT2D eigenvalue weighted by Crippen LogP contribution is 2.34. The zero-order valence-corrected chi connectivity index (χ0v) is 8.64. The number of nitro groups is 1. The Balaban J connectivity index is 2.44. The van der Waals surface area contributed by atoms with Gasteiger partial charge in [0.05, 0.1) is 15.8 Å². The molecule has 3 rings (SSSR count). The van der Waals surface area contributed by atoms with Crippen LogP contribution in [0.4, 0.5) is 5.69 Å². The van der Waals surface area contributed by atoms with E-state index in [-0.39, 0.29) is 10.6 Å². The minimum absolute atomic E-state index is 0.184. The molecule has 4 heteroatoms. The molecule has 1 aromatic carbocycles. The number of nitrogens with zero attached hydrogens (tertiary/aromatic N) is 2. The van der Waals surface area contributed by atoms with Crippen molar-refractivity contribution in [1.82, 2.24) is 4.98 Å². The number of nitro benzene ring substituents is 1. The van der Waals surface area contributed by atoms with Crippen molar-refractivity contribution in [2.45, 2.75) is 19.3 Å². The van der Waals surface area contributed by atoms with Crippen LogP contribution in [0.3, 0.4) is 0 Å². The van der Waals surface area contributed by atoms with Gasteiger partial charge in [0, 0.05) is 12.3 Å². The molecule has 0 fully saturated rings. The molecule has 1 aromatic heterocycles. The van der Waals surface area contributed by atoms with Gasteiger partial charge in [-0.25, -0.2) is 0 Å². The minimum atomic E-state index is -0.317. The van der Waals surface area contributed by atoms with Crippen molar-refractivity contribution in [3.8, 4) is 0 Å². The van der Waals surface area contributed by atoms with E-state index in [1.54, 1.807) is 24.4 Å². The molecule has 2 aromatic rings. The van der Waals surface area contributed by atoms with E-state index in [2.05, 4.69) is 4.98 Å². The quantitative estimate of drug-likeness (QED) is 0.541. The number of fused-ring (bicyclic) bond motifs is 3. The van der Waals surface area contributed by atoms with Gasteiger partial charge in [0.1, 0.15) is 0 Å². The standard InChI is InChI=1S/C12H10N2O2/c15-14(16)11-7-8-3-1-4-9(8)12-10(11)5-2-6-13-12/h2,5-7H,1,3-4H2. The van der Waals surface area contributed by atoms with Gasteiger partial charge in [-0.15, -0.1) is 0 Å². The normalized spacial score (nSPS) is 14.0. The van der Waals surface area contributed by atoms with Gasteiger partial charge in [-0.2, -0.15) is 0 Å². The Bertz CT molecular complexity index is 593. The number of aromatic nitrogens is 1. The van der Waals surface area contributed by atoms with Crippen molar-refractivity contribution in [3.05, 3.63) is 45.6 Å². The predicted octanol–water partition coefficient (Wildman–Crippen LogP) is 2.63. The minimum Gasteiger partial charge on any atom is -0.258 e. The average molecular weight is 214 g/mol. The first-order valence-corrected chi connectivity index (χ1v) is 5.31. The lowest BCUT2D eigenvalue weighted by atomic mass is 10.0. The first-order valence-electron chi connectivity index (χ1n) is 5.31. The molecule has 4 nitrogen and oxygen atoms in total. The van der Waals surface area contributed by atoms with E-state index < -0.39 is 0 Å². The summed E-state index contributed by atoms with van der Waals surface area (Å²) in [6.07, 6.45) is 4.69. The molecule has 0 unspecified atom stereocenters. The molecule has 1 aliphatic carbocycles. The molecule has 0 amide bonds. The first kappa shape index (κ1) is 9.27. The van der Waals surface area contributed by atoms with E-state index in [1.165, 1.54) is 5.56 Å². The van der Waals surface area contributed by atoms with E-state index in [1.807, 2.05) is 0 Å². The van der Waals surface area contributed by atoms with E-state index >= 15 is 0 Å².